The zero-order valence-electron chi connectivity index (χ0n) is 47.8. The zero-order valence-corrected chi connectivity index (χ0v) is 47.8. The van der Waals surface area contributed by atoms with E-state index in [2.05, 4.69) is 0 Å². The molecular weight excluding hydrogens is 1290 g/mol. The summed E-state index contributed by atoms with van der Waals surface area (Å²) >= 11 is 0. The Morgan fingerprint density at radius 1 is 0.468 bits per heavy atom. The normalized spacial score (nSPS) is 22.0. The minimum Gasteiger partial charge on any atom is -0.486 e. The lowest BCUT2D eigenvalue weighted by Crippen LogP contribution is -2.40. The van der Waals surface area contributed by atoms with Gasteiger partial charge < -0.3 is 34.3 Å². The fourth-order valence-electron chi connectivity index (χ4n) is 9.18. The summed E-state index contributed by atoms with van der Waals surface area (Å²) in [6.07, 6.45) is -2.37. The van der Waals surface area contributed by atoms with Crippen molar-refractivity contribution < 1.29 is 116 Å². The molecule has 23 nitrogen and oxygen atoms in total. The third kappa shape index (κ3) is 21.6. The molecule has 4 unspecified atom stereocenters. The van der Waals surface area contributed by atoms with Gasteiger partial charge in [0.1, 0.15) is 75.9 Å². The number of nitrogens with zero attached hydrogens (tertiary/aromatic N) is 5. The van der Waals surface area contributed by atoms with E-state index in [1.807, 2.05) is 0 Å². The van der Waals surface area contributed by atoms with Gasteiger partial charge in [-0.05, 0) is 121 Å². The van der Waals surface area contributed by atoms with Crippen molar-refractivity contribution in [3.8, 4) is 0 Å². The number of hydrogen-bond donors (Lipinski definition) is 3. The smallest absolute Gasteiger partial charge is 0.257 e. The van der Waals surface area contributed by atoms with Crippen LogP contribution in [0.3, 0.4) is 0 Å². The summed E-state index contributed by atoms with van der Waals surface area (Å²) in [6.45, 7) is -0.981. The number of ether oxygens (including phenoxy) is 4. The maximum Gasteiger partial charge on any atom is 0.257 e. The van der Waals surface area contributed by atoms with E-state index in [-0.39, 0.29) is 72.8 Å². The first-order valence-corrected chi connectivity index (χ1v) is 27.1. The Morgan fingerprint density at radius 2 is 0.840 bits per heavy atom. The Morgan fingerprint density at radius 3 is 1.23 bits per heavy atom. The van der Waals surface area contributed by atoms with Crippen molar-refractivity contribution in [2.75, 3.05) is 13.2 Å². The van der Waals surface area contributed by atoms with E-state index < -0.39 is 174 Å². The van der Waals surface area contributed by atoms with Crippen LogP contribution < -0.4 is 0 Å². The van der Waals surface area contributed by atoms with Crippen LogP contribution in [-0.2, 0) is 18.9 Å². The van der Waals surface area contributed by atoms with Crippen molar-refractivity contribution in [1.29, 1.82) is 0 Å². The molecule has 4 aliphatic rings. The summed E-state index contributed by atoms with van der Waals surface area (Å²) in [5.41, 5.74) is -1.34. The van der Waals surface area contributed by atoms with Crippen LogP contribution in [0.25, 0.3) is 0 Å². The van der Waals surface area contributed by atoms with Crippen LogP contribution in [0.15, 0.2) is 134 Å². The Kier molecular flexibility index (Phi) is 28.0. The number of aliphatic hydroxyl groups is 3. The van der Waals surface area contributed by atoms with Gasteiger partial charge in [0.15, 0.2) is 37.0 Å². The van der Waals surface area contributed by atoms with Gasteiger partial charge in [0.05, 0.1) is 30.8 Å². The maximum atomic E-state index is 13.6. The monoisotopic (exact) mass is 1350 g/mol. The third-order valence-corrected chi connectivity index (χ3v) is 13.7. The largest absolute Gasteiger partial charge is 0.486 e. The molecule has 0 radical (unpaired) electrons. The average molecular weight is 1350 g/mol. The number of rotatable bonds is 12. The molecule has 4 aliphatic heterocycles. The van der Waals surface area contributed by atoms with Crippen LogP contribution in [0.4, 0.5) is 52.7 Å². The molecule has 504 valence electrons. The fourth-order valence-corrected chi connectivity index (χ4v) is 9.18. The highest BCUT2D eigenvalue weighted by molar-refractivity contribution is 5.75. The molecule has 35 heteroatoms. The zero-order chi connectivity index (χ0) is 69.7. The van der Waals surface area contributed by atoms with E-state index in [4.69, 9.17) is 24.1 Å². The van der Waals surface area contributed by atoms with Gasteiger partial charge in [-0.25, -0.2) is 52.7 Å². The second kappa shape index (κ2) is 35.2. The van der Waals surface area contributed by atoms with Crippen molar-refractivity contribution in [2.24, 2.45) is 0 Å². The van der Waals surface area contributed by atoms with Crippen LogP contribution >= 0.6 is 0 Å². The molecule has 94 heavy (non-hydrogen) atoms. The Hall–Kier alpha value is -9.97. The molecule has 2 fully saturated rings. The number of aliphatic hydroxyl groups excluding tert-OH is 3. The van der Waals surface area contributed by atoms with Gasteiger partial charge >= 0.3 is 0 Å². The van der Waals surface area contributed by atoms with Crippen LogP contribution in [0.1, 0.15) is 101 Å². The van der Waals surface area contributed by atoms with E-state index >= 15 is 0 Å². The summed E-state index contributed by atoms with van der Waals surface area (Å²) in [5.74, 6) is -8.59. The number of nitro groups is 5. The quantitative estimate of drug-likeness (QED) is 0.0443. The first kappa shape index (κ1) is 74.8. The van der Waals surface area contributed by atoms with Crippen molar-refractivity contribution in [3.63, 3.8) is 0 Å². The summed E-state index contributed by atoms with van der Waals surface area (Å²) in [4.78, 5) is 60.2. The highest BCUT2D eigenvalue weighted by atomic mass is 19.2. The lowest BCUT2D eigenvalue weighted by atomic mass is 9.95. The van der Waals surface area contributed by atoms with E-state index in [0.717, 1.165) is 109 Å². The summed E-state index contributed by atoms with van der Waals surface area (Å²) in [5, 5.41) is 81.2. The summed E-state index contributed by atoms with van der Waals surface area (Å²) < 4.78 is 177. The molecule has 6 aromatic carbocycles. The molecule has 0 amide bonds. The van der Waals surface area contributed by atoms with Gasteiger partial charge in [0.2, 0.25) is 18.6 Å². The number of aldehydes is 1. The standard InChI is InChI=1S/2C11H11F2NO4.2C11H9F2NO3.C8H7F2NO3.C7H4F2O/c12-6-1-2-9(13)8(3-6)11-10(14(16)17)4-7(15)5-18-11;12-6-1-2-8(13)7(5-6)11-9(14(16)17)3-4-10(15)18-11;2*12-7-3-4-9(13)8(6-7)11-10(14(15)16)2-1-5-17-11;9-5-1-2-7(10)6(3-5)8(12)4-11(13)14;8-6-1-2-7(9)5(3-6)4-10/h1-3,7,10-11,15H,4-5H2;1-2,5,9-11,15H,3-4H2;2*1,3-6,10-11H,2H2;1-3,8,12H,4H2;1-4H/t7?,10-,11+;9?,10?,11-;10?,11-;10-,11+;8-;/m01100./s1. The number of carbonyl (C=O) groups is 1. The number of benzene rings is 6. The van der Waals surface area contributed by atoms with Gasteiger partial charge in [-0.3, -0.25) is 55.4 Å². The molecule has 10 rings (SSSR count). The molecule has 2 saturated heterocycles. The van der Waals surface area contributed by atoms with E-state index in [0.29, 0.717) is 0 Å². The van der Waals surface area contributed by atoms with Gasteiger partial charge in [0.25, 0.3) is 12.1 Å². The molecule has 4 heterocycles. The van der Waals surface area contributed by atoms with Crippen molar-refractivity contribution in [3.05, 3.63) is 288 Å². The highest BCUT2D eigenvalue weighted by Gasteiger charge is 2.43. The number of hydrogen-bond acceptors (Lipinski definition) is 18. The van der Waals surface area contributed by atoms with Crippen LogP contribution in [-0.4, -0.2) is 95.9 Å². The average Bonchev–Trinajstić information content (AvgIpc) is 0.837. The predicted molar refractivity (Wildman–Crippen MR) is 297 cm³/mol. The summed E-state index contributed by atoms with van der Waals surface area (Å²) in [7, 11) is 0. The van der Waals surface area contributed by atoms with Crippen LogP contribution in [0.5, 0.6) is 0 Å². The lowest BCUT2D eigenvalue weighted by molar-refractivity contribution is -0.547. The Balaban J connectivity index is 0.000000206. The molecule has 11 atom stereocenters. The first-order valence-electron chi connectivity index (χ1n) is 27.1. The molecule has 3 N–H and O–H groups in total. The number of carbonyl (C=O) groups excluding carboxylic acids is 1. The first-order chi connectivity index (χ1) is 44.4. The maximum absolute atomic E-state index is 13.6. The molecule has 0 aliphatic carbocycles. The van der Waals surface area contributed by atoms with Crippen LogP contribution in [0, 0.1) is 120 Å². The van der Waals surface area contributed by atoms with E-state index in [1.165, 1.54) is 24.7 Å². The lowest BCUT2D eigenvalue weighted by Gasteiger charge is -2.29. The molecule has 0 spiro atoms. The molecule has 0 bridgehead atoms. The van der Waals surface area contributed by atoms with Crippen molar-refractivity contribution >= 4 is 6.29 Å². The third-order valence-electron chi connectivity index (χ3n) is 13.7. The van der Waals surface area contributed by atoms with Crippen molar-refractivity contribution in [1.82, 2.24) is 0 Å². The van der Waals surface area contributed by atoms with Gasteiger partial charge in [0, 0.05) is 84.5 Å². The SMILES string of the molecule is O=Cc1cc(F)ccc1F.O=[N+]([O-])C1CC=CO[C@@H]1c1cc(F)ccc1F.O=[N+]([O-])C1CCC(O)O[C@@H]1c1cc(F)ccc1F.O=[N+]([O-])C[C@H](O)c1cc(F)ccc1F.O=[N+]([O-])[C@H]1CC(O)CO[C@@H]1c1cc(F)ccc1F.O=[N+]([O-])[C@H]1CC=CO[C@@H]1c1cc(F)ccc1F. The Labute approximate surface area is 521 Å². The van der Waals surface area contributed by atoms with Gasteiger partial charge in [-0.2, -0.15) is 0 Å². The van der Waals surface area contributed by atoms with E-state index in [1.54, 1.807) is 0 Å². The fraction of sp³-hybridized carbons (Fsp3) is 0.305. The second-order valence-corrected chi connectivity index (χ2v) is 20.1. The summed E-state index contributed by atoms with van der Waals surface area (Å²) in [6, 6.07) is 11.5. The van der Waals surface area contributed by atoms with Gasteiger partial charge in [-0.15, -0.1) is 0 Å². The molecule has 0 saturated carbocycles. The highest BCUT2D eigenvalue weighted by Crippen LogP contribution is 2.37. The van der Waals surface area contributed by atoms with E-state index in [9.17, 15) is 118 Å². The topological polar surface area (TPSA) is 330 Å². The predicted octanol–water partition coefficient (Wildman–Crippen LogP) is 11.4. The minimum atomic E-state index is -1.62. The van der Waals surface area contributed by atoms with Gasteiger partial charge in [-0.1, -0.05) is 0 Å². The van der Waals surface area contributed by atoms with Crippen LogP contribution in [0.2, 0.25) is 0 Å². The number of halogens is 12. The molecule has 6 aromatic rings. The molecular formula is C59H51F12N5O18. The minimum absolute atomic E-state index is 0.0504. The Bertz CT molecular complexity index is 3630. The van der Waals surface area contributed by atoms with Crippen molar-refractivity contribution in [2.45, 2.75) is 99.2 Å². The second-order valence-electron chi connectivity index (χ2n) is 20.1. The molecule has 0 aromatic heterocycles.